The Labute approximate surface area is 82.7 Å². The molecular formula is C9H15N3O2. The zero-order chi connectivity index (χ0) is 10.6. The maximum Gasteiger partial charge on any atom is 0.223 e. The SMILES string of the molecule is Cc1nc(CCC(C)N)c(NC=O)o1. The summed E-state index contributed by atoms with van der Waals surface area (Å²) in [6.07, 6.45) is 2.11. The molecule has 0 radical (unpaired) electrons. The van der Waals surface area contributed by atoms with Gasteiger partial charge >= 0.3 is 0 Å². The van der Waals surface area contributed by atoms with Gasteiger partial charge in [0.25, 0.3) is 0 Å². The molecule has 0 aliphatic rings. The van der Waals surface area contributed by atoms with Crippen LogP contribution in [-0.4, -0.2) is 17.4 Å². The Bertz CT molecular complexity index is 307. The van der Waals surface area contributed by atoms with Crippen LogP contribution in [0.2, 0.25) is 0 Å². The molecule has 0 bridgehead atoms. The molecule has 0 spiro atoms. The lowest BCUT2D eigenvalue weighted by Crippen LogP contribution is -2.15. The van der Waals surface area contributed by atoms with E-state index in [1.165, 1.54) is 0 Å². The number of hydrogen-bond donors (Lipinski definition) is 2. The predicted octanol–water partition coefficient (Wildman–Crippen LogP) is 0.831. The van der Waals surface area contributed by atoms with E-state index >= 15 is 0 Å². The molecule has 0 saturated heterocycles. The van der Waals surface area contributed by atoms with Gasteiger partial charge in [-0.2, -0.15) is 0 Å². The normalized spacial score (nSPS) is 12.5. The van der Waals surface area contributed by atoms with Crippen LogP contribution in [0.5, 0.6) is 0 Å². The van der Waals surface area contributed by atoms with E-state index in [9.17, 15) is 4.79 Å². The minimum absolute atomic E-state index is 0.121. The maximum absolute atomic E-state index is 10.3. The van der Waals surface area contributed by atoms with Crippen LogP contribution >= 0.6 is 0 Å². The van der Waals surface area contributed by atoms with E-state index in [1.54, 1.807) is 6.92 Å². The third-order valence-corrected chi connectivity index (χ3v) is 1.83. The fourth-order valence-electron chi connectivity index (χ4n) is 1.17. The highest BCUT2D eigenvalue weighted by Crippen LogP contribution is 2.17. The van der Waals surface area contributed by atoms with Gasteiger partial charge in [0.1, 0.15) is 5.69 Å². The van der Waals surface area contributed by atoms with Crippen molar-refractivity contribution in [2.75, 3.05) is 5.32 Å². The summed E-state index contributed by atoms with van der Waals surface area (Å²) in [5, 5.41) is 2.47. The van der Waals surface area contributed by atoms with Crippen LogP contribution < -0.4 is 11.1 Å². The van der Waals surface area contributed by atoms with Gasteiger partial charge in [0.15, 0.2) is 5.89 Å². The second-order valence-corrected chi connectivity index (χ2v) is 3.29. The minimum atomic E-state index is 0.121. The first kappa shape index (κ1) is 10.7. The van der Waals surface area contributed by atoms with Crippen LogP contribution in [0.4, 0.5) is 5.88 Å². The Hall–Kier alpha value is -1.36. The Morgan fingerprint density at radius 1 is 1.71 bits per heavy atom. The highest BCUT2D eigenvalue weighted by molar-refractivity contribution is 5.68. The third kappa shape index (κ3) is 2.85. The van der Waals surface area contributed by atoms with E-state index in [0.29, 0.717) is 24.6 Å². The summed E-state index contributed by atoms with van der Waals surface area (Å²) in [5.74, 6) is 0.979. The van der Waals surface area contributed by atoms with Gasteiger partial charge in [-0.1, -0.05) is 0 Å². The van der Waals surface area contributed by atoms with Crippen LogP contribution in [0.1, 0.15) is 24.9 Å². The number of aromatic nitrogens is 1. The molecule has 0 aliphatic heterocycles. The second-order valence-electron chi connectivity index (χ2n) is 3.29. The van der Waals surface area contributed by atoms with Gasteiger partial charge in [-0.3, -0.25) is 10.1 Å². The quantitative estimate of drug-likeness (QED) is 0.685. The molecular weight excluding hydrogens is 182 g/mol. The summed E-state index contributed by atoms with van der Waals surface area (Å²) in [4.78, 5) is 14.4. The summed E-state index contributed by atoms with van der Waals surface area (Å²) in [6.45, 7) is 3.67. The molecule has 0 aliphatic carbocycles. The van der Waals surface area contributed by atoms with Crippen molar-refractivity contribution in [3.05, 3.63) is 11.6 Å². The fourth-order valence-corrected chi connectivity index (χ4v) is 1.17. The Morgan fingerprint density at radius 2 is 2.43 bits per heavy atom. The smallest absolute Gasteiger partial charge is 0.223 e. The van der Waals surface area contributed by atoms with E-state index in [-0.39, 0.29) is 6.04 Å². The average molecular weight is 197 g/mol. The maximum atomic E-state index is 10.3. The predicted molar refractivity (Wildman–Crippen MR) is 52.9 cm³/mol. The number of anilines is 1. The zero-order valence-electron chi connectivity index (χ0n) is 8.41. The van der Waals surface area contributed by atoms with Gasteiger partial charge in [0, 0.05) is 13.0 Å². The van der Waals surface area contributed by atoms with Gasteiger partial charge in [-0.15, -0.1) is 0 Å². The van der Waals surface area contributed by atoms with Gasteiger partial charge in [-0.25, -0.2) is 4.98 Å². The Balaban J connectivity index is 2.68. The fraction of sp³-hybridized carbons (Fsp3) is 0.556. The first-order chi connectivity index (χ1) is 6.63. The molecule has 1 unspecified atom stereocenters. The number of carbonyl (C=O) groups excluding carboxylic acids is 1. The molecule has 1 rings (SSSR count). The lowest BCUT2D eigenvalue weighted by Gasteiger charge is -2.02. The van der Waals surface area contributed by atoms with Crippen molar-refractivity contribution < 1.29 is 9.21 Å². The molecule has 78 valence electrons. The van der Waals surface area contributed by atoms with Crippen LogP contribution in [0.25, 0.3) is 0 Å². The molecule has 3 N–H and O–H groups in total. The highest BCUT2D eigenvalue weighted by atomic mass is 16.4. The third-order valence-electron chi connectivity index (χ3n) is 1.83. The summed E-state index contributed by atoms with van der Waals surface area (Å²) < 4.78 is 5.19. The van der Waals surface area contributed by atoms with E-state index in [0.717, 1.165) is 12.1 Å². The van der Waals surface area contributed by atoms with E-state index in [4.69, 9.17) is 10.2 Å². The van der Waals surface area contributed by atoms with Crippen molar-refractivity contribution in [2.45, 2.75) is 32.7 Å². The van der Waals surface area contributed by atoms with Crippen molar-refractivity contribution in [3.63, 3.8) is 0 Å². The standard InChI is InChI=1S/C9H15N3O2/c1-6(10)3-4-8-9(11-5-13)14-7(2)12-8/h5-6H,3-4,10H2,1-2H3,(H,11,13). The molecule has 1 heterocycles. The van der Waals surface area contributed by atoms with Crippen molar-refractivity contribution in [1.82, 2.24) is 4.98 Å². The number of nitrogens with zero attached hydrogens (tertiary/aromatic N) is 1. The monoisotopic (exact) mass is 197 g/mol. The lowest BCUT2D eigenvalue weighted by molar-refractivity contribution is -0.105. The molecule has 5 nitrogen and oxygen atoms in total. The second kappa shape index (κ2) is 4.76. The lowest BCUT2D eigenvalue weighted by atomic mass is 10.1. The summed E-state index contributed by atoms with van der Waals surface area (Å²) in [7, 11) is 0. The molecule has 1 aromatic heterocycles. The largest absolute Gasteiger partial charge is 0.425 e. The van der Waals surface area contributed by atoms with Gasteiger partial charge < -0.3 is 10.2 Å². The van der Waals surface area contributed by atoms with Crippen LogP contribution in [-0.2, 0) is 11.2 Å². The number of nitrogens with two attached hydrogens (primary N) is 1. The zero-order valence-corrected chi connectivity index (χ0v) is 8.41. The van der Waals surface area contributed by atoms with Crippen LogP contribution in [0.3, 0.4) is 0 Å². The van der Waals surface area contributed by atoms with Crippen LogP contribution in [0, 0.1) is 6.92 Å². The van der Waals surface area contributed by atoms with E-state index in [2.05, 4.69) is 10.3 Å². The summed E-state index contributed by atoms with van der Waals surface area (Å²) in [5.41, 5.74) is 6.38. The first-order valence-corrected chi connectivity index (χ1v) is 4.55. The number of aryl methyl sites for hydroxylation is 2. The molecule has 0 aromatic carbocycles. The number of amides is 1. The van der Waals surface area contributed by atoms with Gasteiger partial charge in [0.2, 0.25) is 12.3 Å². The Morgan fingerprint density at radius 3 is 3.00 bits per heavy atom. The van der Waals surface area contributed by atoms with Crippen molar-refractivity contribution in [3.8, 4) is 0 Å². The minimum Gasteiger partial charge on any atom is -0.425 e. The molecule has 0 saturated carbocycles. The first-order valence-electron chi connectivity index (χ1n) is 4.55. The number of hydrogen-bond acceptors (Lipinski definition) is 4. The molecule has 1 amide bonds. The van der Waals surface area contributed by atoms with E-state index < -0.39 is 0 Å². The summed E-state index contributed by atoms with van der Waals surface area (Å²) >= 11 is 0. The molecule has 1 aromatic rings. The van der Waals surface area contributed by atoms with Crippen LogP contribution in [0.15, 0.2) is 4.42 Å². The number of oxazole rings is 1. The molecule has 5 heteroatoms. The Kier molecular flexibility index (Phi) is 3.64. The van der Waals surface area contributed by atoms with Crippen molar-refractivity contribution >= 4 is 12.3 Å². The topological polar surface area (TPSA) is 81.1 Å². The molecule has 0 fully saturated rings. The highest BCUT2D eigenvalue weighted by Gasteiger charge is 2.10. The number of carbonyl (C=O) groups is 1. The number of nitrogens with one attached hydrogen (secondary N) is 1. The average Bonchev–Trinajstić information content (AvgIpc) is 2.44. The van der Waals surface area contributed by atoms with Gasteiger partial charge in [0.05, 0.1) is 0 Å². The molecule has 1 atom stereocenters. The number of rotatable bonds is 5. The van der Waals surface area contributed by atoms with Gasteiger partial charge in [-0.05, 0) is 19.8 Å². The molecule has 14 heavy (non-hydrogen) atoms. The summed E-state index contributed by atoms with van der Waals surface area (Å²) in [6, 6.07) is 0.121. The van der Waals surface area contributed by atoms with E-state index in [1.807, 2.05) is 6.92 Å². The van der Waals surface area contributed by atoms with Crippen molar-refractivity contribution in [1.29, 1.82) is 0 Å². The van der Waals surface area contributed by atoms with Crippen molar-refractivity contribution in [2.24, 2.45) is 5.73 Å².